The number of nitrogens with one attached hydrogen (secondary N) is 1. The maximum absolute atomic E-state index is 12.5. The van der Waals surface area contributed by atoms with E-state index in [2.05, 4.69) is 10.4 Å². The molecule has 2 fully saturated rings. The van der Waals surface area contributed by atoms with Gasteiger partial charge in [0.1, 0.15) is 5.82 Å². The Morgan fingerprint density at radius 2 is 2.08 bits per heavy atom. The van der Waals surface area contributed by atoms with Gasteiger partial charge in [0, 0.05) is 32.2 Å². The second-order valence-corrected chi connectivity index (χ2v) is 7.42. The van der Waals surface area contributed by atoms with Crippen molar-refractivity contribution in [1.82, 2.24) is 14.7 Å². The molecule has 2 saturated heterocycles. The van der Waals surface area contributed by atoms with Crippen LogP contribution in [0.2, 0.25) is 0 Å². The Balaban J connectivity index is 1.55. The predicted octanol–water partition coefficient (Wildman–Crippen LogP) is 2.07. The minimum atomic E-state index is 0.0191. The van der Waals surface area contributed by atoms with Crippen molar-refractivity contribution in [2.75, 3.05) is 31.6 Å². The molecule has 7 heteroatoms. The molecule has 1 aromatic heterocycles. The van der Waals surface area contributed by atoms with Gasteiger partial charge in [-0.05, 0) is 25.2 Å². The Kier molecular flexibility index (Phi) is 5.73. The van der Waals surface area contributed by atoms with Gasteiger partial charge in [-0.3, -0.25) is 9.59 Å². The number of hydrogen-bond donors (Lipinski definition) is 1. The summed E-state index contributed by atoms with van der Waals surface area (Å²) in [5.41, 5.74) is 0. The number of piperidine rings is 1. The van der Waals surface area contributed by atoms with Gasteiger partial charge in [0.2, 0.25) is 11.8 Å². The number of ether oxygens (including phenoxy) is 1. The summed E-state index contributed by atoms with van der Waals surface area (Å²) < 4.78 is 7.23. The minimum absolute atomic E-state index is 0.0191. The summed E-state index contributed by atoms with van der Waals surface area (Å²) in [5, 5.41) is 7.36. The summed E-state index contributed by atoms with van der Waals surface area (Å²) in [4.78, 5) is 26.5. The van der Waals surface area contributed by atoms with Crippen molar-refractivity contribution >= 4 is 17.6 Å². The lowest BCUT2D eigenvalue weighted by Gasteiger charge is -2.34. The summed E-state index contributed by atoms with van der Waals surface area (Å²) in [6.45, 7) is 6.78. The summed E-state index contributed by atoms with van der Waals surface area (Å²) in [6.07, 6.45) is 4.77. The van der Waals surface area contributed by atoms with Crippen LogP contribution in [0, 0.1) is 11.8 Å². The molecule has 2 aliphatic heterocycles. The van der Waals surface area contributed by atoms with Gasteiger partial charge in [0.15, 0.2) is 0 Å². The highest BCUT2D eigenvalue weighted by atomic mass is 16.5. The highest BCUT2D eigenvalue weighted by Gasteiger charge is 2.31. The second kappa shape index (κ2) is 7.99. The summed E-state index contributed by atoms with van der Waals surface area (Å²) in [6, 6.07) is 2.05. The number of amides is 2. The maximum Gasteiger partial charge on any atom is 0.228 e. The lowest BCUT2D eigenvalue weighted by molar-refractivity contribution is -0.136. The van der Waals surface area contributed by atoms with Gasteiger partial charge in [-0.15, -0.1) is 0 Å². The topological polar surface area (TPSA) is 76.5 Å². The number of carbonyl (C=O) groups excluding carboxylic acids is 2. The van der Waals surface area contributed by atoms with Crippen molar-refractivity contribution in [3.63, 3.8) is 0 Å². The van der Waals surface area contributed by atoms with Crippen molar-refractivity contribution in [1.29, 1.82) is 0 Å². The van der Waals surface area contributed by atoms with E-state index in [4.69, 9.17) is 4.74 Å². The maximum atomic E-state index is 12.5. The highest BCUT2D eigenvalue weighted by molar-refractivity contribution is 5.89. The molecule has 0 spiro atoms. The zero-order chi connectivity index (χ0) is 17.8. The van der Waals surface area contributed by atoms with Crippen LogP contribution >= 0.6 is 0 Å². The molecular weight excluding hydrogens is 320 g/mol. The molecule has 3 rings (SSSR count). The quantitative estimate of drug-likeness (QED) is 0.884. The third kappa shape index (κ3) is 4.39. The number of carbonyl (C=O) groups is 2. The molecule has 7 nitrogen and oxygen atoms in total. The standard InChI is InChI=1S/C18H28N4O3/c1-13(2)11-17(23)20-16-3-7-19-22(16)15-4-8-21(9-5-15)18(24)14-6-10-25-12-14/h3,7,13-15H,4-6,8-12H2,1-2H3,(H,20,23)/t14-/m0/s1. The van der Waals surface area contributed by atoms with E-state index in [1.165, 1.54) is 0 Å². The van der Waals surface area contributed by atoms with Crippen LogP contribution < -0.4 is 5.32 Å². The molecule has 25 heavy (non-hydrogen) atoms. The molecule has 1 N–H and O–H groups in total. The van der Waals surface area contributed by atoms with Gasteiger partial charge >= 0.3 is 0 Å². The smallest absolute Gasteiger partial charge is 0.228 e. The van der Waals surface area contributed by atoms with E-state index in [-0.39, 0.29) is 23.8 Å². The number of nitrogens with zero attached hydrogens (tertiary/aromatic N) is 3. The third-order valence-electron chi connectivity index (χ3n) is 4.93. The molecule has 1 aromatic rings. The lowest BCUT2D eigenvalue weighted by atomic mass is 10.0. The fourth-order valence-electron chi connectivity index (χ4n) is 3.59. The minimum Gasteiger partial charge on any atom is -0.381 e. The van der Waals surface area contributed by atoms with Crippen LogP contribution in [0.25, 0.3) is 0 Å². The summed E-state index contributed by atoms with van der Waals surface area (Å²) in [5.74, 6) is 1.35. The normalized spacial score (nSPS) is 21.7. The van der Waals surface area contributed by atoms with Crippen LogP contribution in [0.4, 0.5) is 5.82 Å². The first kappa shape index (κ1) is 17.9. The van der Waals surface area contributed by atoms with Gasteiger partial charge in [-0.25, -0.2) is 4.68 Å². The van der Waals surface area contributed by atoms with Gasteiger partial charge in [-0.2, -0.15) is 5.10 Å². The van der Waals surface area contributed by atoms with Crippen molar-refractivity contribution in [2.45, 2.75) is 45.6 Å². The van der Waals surface area contributed by atoms with Gasteiger partial charge in [-0.1, -0.05) is 13.8 Å². The molecule has 1 atom stereocenters. The Morgan fingerprint density at radius 3 is 2.72 bits per heavy atom. The van der Waals surface area contributed by atoms with Crippen LogP contribution in [-0.2, 0) is 14.3 Å². The molecule has 3 heterocycles. The van der Waals surface area contributed by atoms with E-state index in [0.29, 0.717) is 25.6 Å². The van der Waals surface area contributed by atoms with Crippen molar-refractivity contribution in [2.24, 2.45) is 11.8 Å². The van der Waals surface area contributed by atoms with Crippen LogP contribution in [0.3, 0.4) is 0 Å². The molecule has 138 valence electrons. The number of aromatic nitrogens is 2. The van der Waals surface area contributed by atoms with Gasteiger partial charge in [0.25, 0.3) is 0 Å². The molecule has 0 unspecified atom stereocenters. The summed E-state index contributed by atoms with van der Waals surface area (Å²) in [7, 11) is 0. The van der Waals surface area contributed by atoms with Crippen LogP contribution in [0.15, 0.2) is 12.3 Å². The fourth-order valence-corrected chi connectivity index (χ4v) is 3.59. The van der Waals surface area contributed by atoms with Crippen molar-refractivity contribution in [3.8, 4) is 0 Å². The Labute approximate surface area is 148 Å². The fraction of sp³-hybridized carbons (Fsp3) is 0.722. The number of likely N-dealkylation sites (tertiary alicyclic amines) is 1. The molecule has 0 saturated carbocycles. The Bertz CT molecular complexity index is 599. The first-order valence-corrected chi connectivity index (χ1v) is 9.24. The van der Waals surface area contributed by atoms with E-state index in [0.717, 1.165) is 38.2 Å². The molecule has 0 radical (unpaired) electrons. The lowest BCUT2D eigenvalue weighted by Crippen LogP contribution is -2.42. The Morgan fingerprint density at radius 1 is 1.32 bits per heavy atom. The molecule has 0 aromatic carbocycles. The molecule has 0 aliphatic carbocycles. The molecular formula is C18H28N4O3. The zero-order valence-electron chi connectivity index (χ0n) is 15.1. The average Bonchev–Trinajstić information content (AvgIpc) is 3.25. The SMILES string of the molecule is CC(C)CC(=O)Nc1ccnn1C1CCN(C(=O)[C@H]2CCOC2)CC1. The average molecular weight is 348 g/mol. The largest absolute Gasteiger partial charge is 0.381 e. The number of rotatable bonds is 5. The van der Waals surface area contributed by atoms with E-state index < -0.39 is 0 Å². The highest BCUT2D eigenvalue weighted by Crippen LogP contribution is 2.27. The van der Waals surface area contributed by atoms with E-state index in [1.54, 1.807) is 6.20 Å². The van der Waals surface area contributed by atoms with Crippen LogP contribution in [0.1, 0.15) is 45.6 Å². The zero-order valence-corrected chi connectivity index (χ0v) is 15.1. The first-order valence-electron chi connectivity index (χ1n) is 9.24. The molecule has 2 aliphatic rings. The van der Waals surface area contributed by atoms with Crippen molar-refractivity contribution in [3.05, 3.63) is 12.3 Å². The summed E-state index contributed by atoms with van der Waals surface area (Å²) >= 11 is 0. The Hall–Kier alpha value is -1.89. The molecule has 0 bridgehead atoms. The molecule has 2 amide bonds. The van der Waals surface area contributed by atoms with Gasteiger partial charge < -0.3 is 15.0 Å². The first-order chi connectivity index (χ1) is 12.0. The van der Waals surface area contributed by atoms with E-state index in [1.807, 2.05) is 29.5 Å². The second-order valence-electron chi connectivity index (χ2n) is 7.42. The van der Waals surface area contributed by atoms with E-state index >= 15 is 0 Å². The van der Waals surface area contributed by atoms with E-state index in [9.17, 15) is 9.59 Å². The monoisotopic (exact) mass is 348 g/mol. The van der Waals surface area contributed by atoms with Crippen molar-refractivity contribution < 1.29 is 14.3 Å². The van der Waals surface area contributed by atoms with Crippen LogP contribution in [0.5, 0.6) is 0 Å². The van der Waals surface area contributed by atoms with Gasteiger partial charge in [0.05, 0.1) is 24.8 Å². The van der Waals surface area contributed by atoms with Crippen LogP contribution in [-0.4, -0.2) is 52.8 Å². The predicted molar refractivity (Wildman–Crippen MR) is 94.1 cm³/mol. The number of anilines is 1. The number of hydrogen-bond acceptors (Lipinski definition) is 4. The third-order valence-corrected chi connectivity index (χ3v) is 4.93.